The van der Waals surface area contributed by atoms with Gasteiger partial charge in [0.15, 0.2) is 0 Å². The minimum absolute atomic E-state index is 0.0993. The molecule has 0 aliphatic heterocycles. The van der Waals surface area contributed by atoms with E-state index in [1.54, 1.807) is 73.7 Å². The van der Waals surface area contributed by atoms with Gasteiger partial charge in [0.2, 0.25) is 0 Å². The van der Waals surface area contributed by atoms with Gasteiger partial charge < -0.3 is 0 Å². The van der Waals surface area contributed by atoms with Gasteiger partial charge in [-0.15, -0.1) is 0 Å². The van der Waals surface area contributed by atoms with Gasteiger partial charge in [0.25, 0.3) is 15.9 Å². The zero-order chi connectivity index (χ0) is 22.4. The predicted octanol–water partition coefficient (Wildman–Crippen LogP) is 4.68. The van der Waals surface area contributed by atoms with Crippen LogP contribution < -0.4 is 9.73 Å². The summed E-state index contributed by atoms with van der Waals surface area (Å²) in [6.45, 7) is 1.32. The number of halogens is 2. The quantitative estimate of drug-likeness (QED) is 0.256. The van der Waals surface area contributed by atoms with Gasteiger partial charge in [-0.1, -0.05) is 41.9 Å². The molecule has 0 radical (unpaired) electrons. The van der Waals surface area contributed by atoms with E-state index >= 15 is 0 Å². The maximum Gasteiger partial charge on any atom is 0.264 e. The van der Waals surface area contributed by atoms with E-state index in [0.29, 0.717) is 16.4 Å². The summed E-state index contributed by atoms with van der Waals surface area (Å²) < 4.78 is 28.5. The van der Waals surface area contributed by atoms with Crippen molar-refractivity contribution >= 4 is 61.5 Å². The Labute approximate surface area is 200 Å². The molecule has 3 rings (SSSR count). The molecule has 31 heavy (non-hydrogen) atoms. The lowest BCUT2D eigenvalue weighted by Gasteiger charge is -2.23. The number of rotatable bonds is 7. The summed E-state index contributed by atoms with van der Waals surface area (Å²) in [5, 5.41) is 4.69. The Morgan fingerprint density at radius 1 is 1.00 bits per heavy atom. The normalized spacial score (nSPS) is 11.8. The molecule has 3 aromatic carbocycles. The van der Waals surface area contributed by atoms with Crippen LogP contribution >= 0.6 is 34.2 Å². The fourth-order valence-electron chi connectivity index (χ4n) is 2.71. The first kappa shape index (κ1) is 23.2. The number of amides is 1. The third-order valence-electron chi connectivity index (χ3n) is 4.34. The maximum absolute atomic E-state index is 13.2. The number of hydrogen-bond acceptors (Lipinski definition) is 4. The molecule has 1 N–H and O–H groups in total. The average Bonchev–Trinajstić information content (AvgIpc) is 2.77. The van der Waals surface area contributed by atoms with E-state index in [2.05, 4.69) is 33.1 Å². The summed E-state index contributed by atoms with van der Waals surface area (Å²) in [5.41, 5.74) is 4.18. The summed E-state index contributed by atoms with van der Waals surface area (Å²) >= 11 is 8.02. The van der Waals surface area contributed by atoms with Crippen molar-refractivity contribution in [2.45, 2.75) is 11.8 Å². The van der Waals surface area contributed by atoms with Crippen LogP contribution in [0.2, 0.25) is 5.02 Å². The first-order valence-electron chi connectivity index (χ1n) is 9.20. The predicted molar refractivity (Wildman–Crippen MR) is 132 cm³/mol. The van der Waals surface area contributed by atoms with Crippen LogP contribution in [0.3, 0.4) is 0 Å². The molecule has 1 amide bonds. The SMILES string of the molecule is C/C(=N/NC(=O)CN(c1ccc(I)cc1)S(=O)(=O)c1ccccc1)c1ccc(Cl)cc1. The third-order valence-corrected chi connectivity index (χ3v) is 7.10. The van der Waals surface area contributed by atoms with Gasteiger partial charge in [-0.2, -0.15) is 5.10 Å². The number of carbonyl (C=O) groups excluding carboxylic acids is 1. The second kappa shape index (κ2) is 10.3. The largest absolute Gasteiger partial charge is 0.271 e. The van der Waals surface area contributed by atoms with Crippen LogP contribution in [0.1, 0.15) is 12.5 Å². The molecule has 0 saturated carbocycles. The molecule has 0 aliphatic rings. The van der Waals surface area contributed by atoms with E-state index in [9.17, 15) is 13.2 Å². The van der Waals surface area contributed by atoms with Crippen LogP contribution in [0.5, 0.6) is 0 Å². The fraction of sp³-hybridized carbons (Fsp3) is 0.0909. The van der Waals surface area contributed by atoms with Crippen molar-refractivity contribution < 1.29 is 13.2 Å². The van der Waals surface area contributed by atoms with Crippen LogP contribution in [-0.4, -0.2) is 26.6 Å². The Hall–Kier alpha value is -2.43. The van der Waals surface area contributed by atoms with Gasteiger partial charge in [-0.3, -0.25) is 9.10 Å². The monoisotopic (exact) mass is 567 g/mol. The van der Waals surface area contributed by atoms with Crippen LogP contribution in [-0.2, 0) is 14.8 Å². The van der Waals surface area contributed by atoms with E-state index < -0.39 is 22.5 Å². The molecule has 6 nitrogen and oxygen atoms in total. The zero-order valence-electron chi connectivity index (χ0n) is 16.5. The molecule has 0 fully saturated rings. The van der Waals surface area contributed by atoms with E-state index in [1.165, 1.54) is 12.1 Å². The van der Waals surface area contributed by atoms with Gasteiger partial charge in [-0.05, 0) is 83.6 Å². The van der Waals surface area contributed by atoms with Gasteiger partial charge in [-0.25, -0.2) is 13.8 Å². The average molecular weight is 568 g/mol. The minimum atomic E-state index is -3.95. The zero-order valence-corrected chi connectivity index (χ0v) is 20.2. The molecule has 0 aromatic heterocycles. The lowest BCUT2D eigenvalue weighted by molar-refractivity contribution is -0.119. The standard InChI is InChI=1S/C22H19ClIN3O3S/c1-16(17-7-9-18(23)10-8-17)25-26-22(28)15-27(20-13-11-19(24)12-14-20)31(29,30)21-5-3-2-4-6-21/h2-14H,15H2,1H3,(H,26,28)/b25-16-. The van der Waals surface area contributed by atoms with Gasteiger partial charge in [0.05, 0.1) is 16.3 Å². The molecule has 3 aromatic rings. The number of hydrogen-bond donors (Lipinski definition) is 1. The van der Waals surface area contributed by atoms with Crippen molar-refractivity contribution in [1.29, 1.82) is 0 Å². The second-order valence-electron chi connectivity index (χ2n) is 6.54. The van der Waals surface area contributed by atoms with Crippen molar-refractivity contribution in [3.8, 4) is 0 Å². The number of hydrazone groups is 1. The number of benzene rings is 3. The number of carbonyl (C=O) groups is 1. The Bertz CT molecular complexity index is 1180. The summed E-state index contributed by atoms with van der Waals surface area (Å²) in [6.07, 6.45) is 0. The first-order chi connectivity index (χ1) is 14.8. The maximum atomic E-state index is 13.2. The summed E-state index contributed by atoms with van der Waals surface area (Å²) in [6, 6.07) is 21.9. The lowest BCUT2D eigenvalue weighted by atomic mass is 10.1. The third kappa shape index (κ3) is 6.05. The highest BCUT2D eigenvalue weighted by Crippen LogP contribution is 2.24. The number of nitrogens with zero attached hydrogens (tertiary/aromatic N) is 2. The Morgan fingerprint density at radius 2 is 1.61 bits per heavy atom. The van der Waals surface area contributed by atoms with Crippen molar-refractivity contribution in [2.24, 2.45) is 5.10 Å². The minimum Gasteiger partial charge on any atom is -0.271 e. The van der Waals surface area contributed by atoms with E-state index in [4.69, 9.17) is 11.6 Å². The topological polar surface area (TPSA) is 78.8 Å². The fourth-order valence-corrected chi connectivity index (χ4v) is 4.64. The summed E-state index contributed by atoms with van der Waals surface area (Å²) in [7, 11) is -3.95. The highest BCUT2D eigenvalue weighted by molar-refractivity contribution is 14.1. The molecule has 0 saturated heterocycles. The van der Waals surface area contributed by atoms with Crippen molar-refractivity contribution in [3.05, 3.63) is 93.0 Å². The molecule has 0 spiro atoms. The highest BCUT2D eigenvalue weighted by atomic mass is 127. The lowest BCUT2D eigenvalue weighted by Crippen LogP contribution is -2.39. The molecular weight excluding hydrogens is 549 g/mol. The van der Waals surface area contributed by atoms with Gasteiger partial charge >= 0.3 is 0 Å². The van der Waals surface area contributed by atoms with Gasteiger partial charge in [0, 0.05) is 8.59 Å². The van der Waals surface area contributed by atoms with Crippen LogP contribution in [0.4, 0.5) is 5.69 Å². The van der Waals surface area contributed by atoms with Crippen LogP contribution in [0.15, 0.2) is 88.9 Å². The molecule has 9 heteroatoms. The van der Waals surface area contributed by atoms with E-state index in [-0.39, 0.29) is 4.90 Å². The first-order valence-corrected chi connectivity index (χ1v) is 12.1. The molecule has 0 unspecified atom stereocenters. The molecular formula is C22H19ClIN3O3S. The number of nitrogens with one attached hydrogen (secondary N) is 1. The Balaban J connectivity index is 1.84. The van der Waals surface area contributed by atoms with Crippen molar-refractivity contribution in [1.82, 2.24) is 5.43 Å². The van der Waals surface area contributed by atoms with Crippen LogP contribution in [0.25, 0.3) is 0 Å². The Morgan fingerprint density at radius 3 is 2.23 bits per heavy atom. The molecule has 0 aliphatic carbocycles. The smallest absolute Gasteiger partial charge is 0.264 e. The molecule has 0 atom stereocenters. The molecule has 160 valence electrons. The Kier molecular flexibility index (Phi) is 7.69. The van der Waals surface area contributed by atoms with E-state index in [0.717, 1.165) is 13.4 Å². The van der Waals surface area contributed by atoms with Gasteiger partial charge in [0.1, 0.15) is 6.54 Å². The van der Waals surface area contributed by atoms with Crippen molar-refractivity contribution in [2.75, 3.05) is 10.8 Å². The second-order valence-corrected chi connectivity index (χ2v) is 10.1. The molecule has 0 heterocycles. The number of anilines is 1. The number of sulfonamides is 1. The van der Waals surface area contributed by atoms with E-state index in [1.807, 2.05) is 0 Å². The highest BCUT2D eigenvalue weighted by Gasteiger charge is 2.27. The summed E-state index contributed by atoms with van der Waals surface area (Å²) in [5.74, 6) is -0.564. The molecule has 0 bridgehead atoms. The van der Waals surface area contributed by atoms with Crippen LogP contribution in [0, 0.1) is 3.57 Å². The van der Waals surface area contributed by atoms with Crippen molar-refractivity contribution in [3.63, 3.8) is 0 Å². The summed E-state index contributed by atoms with van der Waals surface area (Å²) in [4.78, 5) is 12.7.